The third-order valence-corrected chi connectivity index (χ3v) is 7.45. The van der Waals surface area contributed by atoms with Crippen LogP contribution in [-0.2, 0) is 14.8 Å². The molecule has 2 atom stereocenters. The van der Waals surface area contributed by atoms with E-state index in [2.05, 4.69) is 4.72 Å². The van der Waals surface area contributed by atoms with E-state index < -0.39 is 27.8 Å². The number of benzene rings is 1. The number of hydrogen-bond acceptors (Lipinski definition) is 4. The number of nitrogens with one attached hydrogen (secondary N) is 2. The van der Waals surface area contributed by atoms with E-state index >= 15 is 0 Å². The summed E-state index contributed by atoms with van der Waals surface area (Å²) in [4.78, 5) is 15.9. The van der Waals surface area contributed by atoms with Crippen molar-refractivity contribution in [2.75, 3.05) is 25.5 Å². The van der Waals surface area contributed by atoms with Crippen molar-refractivity contribution in [3.63, 3.8) is 0 Å². The number of hydrogen-bond donors (Lipinski definition) is 2. The molecular formula is C20H24ClFN3O3S2+. The van der Waals surface area contributed by atoms with E-state index in [1.165, 1.54) is 28.4 Å². The van der Waals surface area contributed by atoms with Crippen LogP contribution in [0.15, 0.2) is 35.7 Å². The molecule has 162 valence electrons. The summed E-state index contributed by atoms with van der Waals surface area (Å²) in [6.45, 7) is 2.23. The third-order valence-electron chi connectivity index (χ3n) is 5.15. The Labute approximate surface area is 185 Å². The van der Waals surface area contributed by atoms with Gasteiger partial charge in [0.25, 0.3) is 0 Å². The average molecular weight is 473 g/mol. The van der Waals surface area contributed by atoms with Gasteiger partial charge in [-0.25, -0.2) is 12.8 Å². The summed E-state index contributed by atoms with van der Waals surface area (Å²) in [5.41, 5.74) is 0.995. The van der Waals surface area contributed by atoms with Gasteiger partial charge in [0.15, 0.2) is 0 Å². The van der Waals surface area contributed by atoms with Gasteiger partial charge in [-0.05, 0) is 43.7 Å². The van der Waals surface area contributed by atoms with Crippen LogP contribution in [0.5, 0.6) is 0 Å². The summed E-state index contributed by atoms with van der Waals surface area (Å²) < 4.78 is 42.3. The van der Waals surface area contributed by atoms with Gasteiger partial charge >= 0.3 is 0 Å². The molecule has 3 rings (SSSR count). The number of thiophene rings is 1. The van der Waals surface area contributed by atoms with E-state index in [1.54, 1.807) is 24.3 Å². The molecule has 30 heavy (non-hydrogen) atoms. The monoisotopic (exact) mass is 472 g/mol. The number of anilines is 1. The lowest BCUT2D eigenvalue weighted by atomic mass is 10.1. The molecule has 2 aromatic rings. The molecule has 0 radical (unpaired) electrons. The lowest BCUT2D eigenvalue weighted by molar-refractivity contribution is -0.890. The first-order valence-corrected chi connectivity index (χ1v) is 12.2. The van der Waals surface area contributed by atoms with Gasteiger partial charge in [0.2, 0.25) is 15.9 Å². The predicted octanol–water partition coefficient (Wildman–Crippen LogP) is 2.44. The minimum Gasteiger partial charge on any atom is -0.334 e. The molecule has 6 nitrogen and oxygen atoms in total. The van der Waals surface area contributed by atoms with E-state index in [9.17, 15) is 17.6 Å². The molecule has 0 bridgehead atoms. The molecule has 1 saturated heterocycles. The minimum absolute atomic E-state index is 0.104. The number of nitrogens with zero attached hydrogens (tertiary/aromatic N) is 1. The zero-order chi connectivity index (χ0) is 22.1. The molecule has 1 aromatic heterocycles. The van der Waals surface area contributed by atoms with Crippen molar-refractivity contribution in [3.05, 3.63) is 56.3 Å². The van der Waals surface area contributed by atoms with Gasteiger partial charge in [-0.2, -0.15) is 4.72 Å². The first-order chi connectivity index (χ1) is 14.1. The summed E-state index contributed by atoms with van der Waals surface area (Å²) in [5.74, 6) is -0.962. The highest BCUT2D eigenvalue weighted by Gasteiger charge is 2.36. The molecule has 0 unspecified atom stereocenters. The van der Waals surface area contributed by atoms with Gasteiger partial charge in [0, 0.05) is 22.4 Å². The Hall–Kier alpha value is -1.78. The fraction of sp³-hybridized carbons (Fsp3) is 0.350. The molecule has 0 aliphatic carbocycles. The molecule has 2 N–H and O–H groups in total. The van der Waals surface area contributed by atoms with Crippen LogP contribution in [0.4, 0.5) is 10.1 Å². The van der Waals surface area contributed by atoms with E-state index in [1.807, 2.05) is 21.0 Å². The Bertz CT molecular complexity index is 1070. The van der Waals surface area contributed by atoms with Crippen molar-refractivity contribution >= 4 is 50.6 Å². The Balaban J connectivity index is 1.70. The maximum absolute atomic E-state index is 14.7. The first kappa shape index (κ1) is 22.9. The van der Waals surface area contributed by atoms with Crippen molar-refractivity contribution in [1.82, 2.24) is 4.72 Å². The second kappa shape index (κ2) is 9.15. The zero-order valence-electron chi connectivity index (χ0n) is 16.9. The molecule has 1 aromatic carbocycles. The van der Waals surface area contributed by atoms with Crippen LogP contribution in [0.3, 0.4) is 0 Å². The Morgan fingerprint density at radius 3 is 2.67 bits per heavy atom. The molecule has 0 spiro atoms. The molecule has 1 aliphatic rings. The van der Waals surface area contributed by atoms with Gasteiger partial charge in [-0.1, -0.05) is 17.7 Å². The lowest BCUT2D eigenvalue weighted by Gasteiger charge is -2.21. The number of sulfonamides is 1. The normalized spacial score (nSPS) is 18.7. The summed E-state index contributed by atoms with van der Waals surface area (Å²) in [7, 11) is 0.129. The van der Waals surface area contributed by atoms with Crippen LogP contribution in [0.2, 0.25) is 4.34 Å². The Morgan fingerprint density at radius 1 is 1.33 bits per heavy atom. The second-order valence-electron chi connectivity index (χ2n) is 7.45. The Kier molecular flexibility index (Phi) is 6.98. The van der Waals surface area contributed by atoms with Crippen molar-refractivity contribution in [1.29, 1.82) is 0 Å². The van der Waals surface area contributed by atoms with Crippen molar-refractivity contribution < 1.29 is 22.5 Å². The quantitative estimate of drug-likeness (QED) is 0.650. The lowest BCUT2D eigenvalue weighted by Crippen LogP contribution is -3.05. The summed E-state index contributed by atoms with van der Waals surface area (Å²) in [6.07, 6.45) is 1.68. The molecule has 1 amide bonds. The number of carbonyl (C=O) groups is 1. The fourth-order valence-corrected chi connectivity index (χ4v) is 5.25. The summed E-state index contributed by atoms with van der Waals surface area (Å²) >= 11 is 7.08. The SMILES string of the molecule is C[C@@H](c1ccc(N2CC[C@H](NS(=O)(=O)/C=C/c3ccc(Cl)s3)C2=O)c(F)c1)[NH+](C)C. The highest BCUT2D eigenvalue weighted by Crippen LogP contribution is 2.27. The maximum Gasteiger partial charge on any atom is 0.245 e. The summed E-state index contributed by atoms with van der Waals surface area (Å²) in [5, 5.41) is 1.01. The van der Waals surface area contributed by atoms with Crippen LogP contribution < -0.4 is 14.5 Å². The highest BCUT2D eigenvalue weighted by atomic mass is 35.5. The van der Waals surface area contributed by atoms with E-state index in [0.29, 0.717) is 9.21 Å². The highest BCUT2D eigenvalue weighted by molar-refractivity contribution is 7.92. The van der Waals surface area contributed by atoms with Gasteiger partial charge in [-0.15, -0.1) is 11.3 Å². The van der Waals surface area contributed by atoms with Crippen LogP contribution in [0.1, 0.15) is 29.8 Å². The van der Waals surface area contributed by atoms with E-state index in [4.69, 9.17) is 11.6 Å². The standard InChI is InChI=1S/C20H23ClFN3O3S2/c1-13(24(2)3)14-4-6-18(16(22)12-14)25-10-8-17(20(25)26)23-30(27,28)11-9-15-5-7-19(21)29-15/h4-7,9,11-13,17,23H,8,10H2,1-3H3/p+1/b11-9+/t13-,17-/m0/s1. The molecular weight excluding hydrogens is 449 g/mol. The van der Waals surface area contributed by atoms with Gasteiger partial charge in [-0.3, -0.25) is 4.79 Å². The van der Waals surface area contributed by atoms with E-state index in [-0.39, 0.29) is 24.7 Å². The predicted molar refractivity (Wildman–Crippen MR) is 119 cm³/mol. The average Bonchev–Trinajstić information content (AvgIpc) is 3.25. The number of halogens is 2. The third kappa shape index (κ3) is 5.28. The molecule has 0 saturated carbocycles. The van der Waals surface area contributed by atoms with Crippen LogP contribution >= 0.6 is 22.9 Å². The van der Waals surface area contributed by atoms with Crippen LogP contribution in [0.25, 0.3) is 6.08 Å². The van der Waals surface area contributed by atoms with Crippen LogP contribution in [-0.4, -0.2) is 41.0 Å². The maximum atomic E-state index is 14.7. The molecule has 1 aliphatic heterocycles. The van der Waals surface area contributed by atoms with Crippen molar-refractivity contribution in [2.24, 2.45) is 0 Å². The number of rotatable bonds is 7. The summed E-state index contributed by atoms with van der Waals surface area (Å²) in [6, 6.07) is 7.36. The largest absolute Gasteiger partial charge is 0.334 e. The molecule has 2 heterocycles. The smallest absolute Gasteiger partial charge is 0.245 e. The molecule has 1 fully saturated rings. The van der Waals surface area contributed by atoms with Crippen molar-refractivity contribution in [3.8, 4) is 0 Å². The van der Waals surface area contributed by atoms with Crippen LogP contribution in [0, 0.1) is 5.82 Å². The minimum atomic E-state index is -3.84. The number of quaternary nitrogens is 1. The van der Waals surface area contributed by atoms with Gasteiger partial charge in [0.1, 0.15) is 17.9 Å². The first-order valence-electron chi connectivity index (χ1n) is 9.44. The fourth-order valence-electron chi connectivity index (χ4n) is 3.19. The van der Waals surface area contributed by atoms with E-state index in [0.717, 1.165) is 15.9 Å². The molecule has 10 heteroatoms. The topological polar surface area (TPSA) is 70.9 Å². The van der Waals surface area contributed by atoms with Gasteiger partial charge in [0.05, 0.1) is 24.1 Å². The Morgan fingerprint density at radius 2 is 2.07 bits per heavy atom. The van der Waals surface area contributed by atoms with Crippen molar-refractivity contribution in [2.45, 2.75) is 25.4 Å². The zero-order valence-corrected chi connectivity index (χ0v) is 19.2. The second-order valence-corrected chi connectivity index (χ2v) is 10.8. The number of carbonyl (C=O) groups excluding carboxylic acids is 1. The number of amides is 1. The van der Waals surface area contributed by atoms with Gasteiger partial charge < -0.3 is 9.80 Å².